The molecule has 0 amide bonds. The van der Waals surface area contributed by atoms with Crippen molar-refractivity contribution >= 4 is 16.5 Å². The molecular formula is C10H18N2OS. The highest BCUT2D eigenvalue weighted by molar-refractivity contribution is 7.13. The molecule has 0 saturated carbocycles. The summed E-state index contributed by atoms with van der Waals surface area (Å²) in [4.78, 5) is 4.41. The fourth-order valence-electron chi connectivity index (χ4n) is 1.06. The van der Waals surface area contributed by atoms with Gasteiger partial charge in [0.15, 0.2) is 5.13 Å². The van der Waals surface area contributed by atoms with Gasteiger partial charge in [0, 0.05) is 25.1 Å². The topological polar surface area (TPSA) is 34.1 Å². The number of nitrogens with one attached hydrogen (secondary N) is 1. The van der Waals surface area contributed by atoms with Crippen molar-refractivity contribution < 1.29 is 4.74 Å². The Bertz CT molecular complexity index is 250. The molecule has 0 atom stereocenters. The van der Waals surface area contributed by atoms with Crippen molar-refractivity contribution in [3.8, 4) is 0 Å². The van der Waals surface area contributed by atoms with E-state index in [0.717, 1.165) is 37.7 Å². The van der Waals surface area contributed by atoms with Crippen LogP contribution in [-0.2, 0) is 11.2 Å². The average Bonchev–Trinajstić information content (AvgIpc) is 2.65. The molecule has 1 aromatic heterocycles. The molecule has 0 radical (unpaired) electrons. The summed E-state index contributed by atoms with van der Waals surface area (Å²) in [6, 6.07) is 0. The maximum absolute atomic E-state index is 5.24. The normalized spacial score (nSPS) is 10.4. The second-order valence-corrected chi connectivity index (χ2v) is 3.83. The first-order valence-electron chi connectivity index (χ1n) is 5.12. The van der Waals surface area contributed by atoms with Crippen molar-refractivity contribution in [1.29, 1.82) is 0 Å². The van der Waals surface area contributed by atoms with Gasteiger partial charge in [-0.1, -0.05) is 6.92 Å². The van der Waals surface area contributed by atoms with Gasteiger partial charge in [0.25, 0.3) is 0 Å². The standard InChI is InChI=1S/C10H18N2OS/c1-3-9-8-14-10(12-9)11-6-5-7-13-4-2/h8H,3-7H2,1-2H3,(H,11,12). The molecule has 0 fully saturated rings. The number of aryl methyl sites for hydroxylation is 1. The van der Waals surface area contributed by atoms with Crippen molar-refractivity contribution in [2.24, 2.45) is 0 Å². The Morgan fingerprint density at radius 2 is 2.36 bits per heavy atom. The third-order valence-electron chi connectivity index (χ3n) is 1.86. The molecule has 0 spiro atoms. The van der Waals surface area contributed by atoms with Crippen molar-refractivity contribution in [3.05, 3.63) is 11.1 Å². The van der Waals surface area contributed by atoms with E-state index < -0.39 is 0 Å². The maximum atomic E-state index is 5.24. The van der Waals surface area contributed by atoms with Gasteiger partial charge in [-0.2, -0.15) is 0 Å². The molecule has 1 N–H and O–H groups in total. The Hall–Kier alpha value is -0.610. The smallest absolute Gasteiger partial charge is 0.182 e. The monoisotopic (exact) mass is 214 g/mol. The zero-order valence-electron chi connectivity index (χ0n) is 8.88. The van der Waals surface area contributed by atoms with Crippen LogP contribution < -0.4 is 5.32 Å². The van der Waals surface area contributed by atoms with Gasteiger partial charge < -0.3 is 10.1 Å². The average molecular weight is 214 g/mol. The van der Waals surface area contributed by atoms with Gasteiger partial charge in [0.1, 0.15) is 0 Å². The molecule has 4 heteroatoms. The lowest BCUT2D eigenvalue weighted by atomic mass is 10.4. The first-order chi connectivity index (χ1) is 6.86. The molecule has 0 aliphatic carbocycles. The Balaban J connectivity index is 2.12. The molecule has 1 rings (SSSR count). The lowest BCUT2D eigenvalue weighted by molar-refractivity contribution is 0.147. The summed E-state index contributed by atoms with van der Waals surface area (Å²) >= 11 is 1.67. The van der Waals surface area contributed by atoms with Crippen LogP contribution in [0.15, 0.2) is 5.38 Å². The summed E-state index contributed by atoms with van der Waals surface area (Å²) in [6.45, 7) is 6.71. The van der Waals surface area contributed by atoms with Gasteiger partial charge in [-0.15, -0.1) is 11.3 Å². The number of anilines is 1. The van der Waals surface area contributed by atoms with Crippen molar-refractivity contribution in [2.75, 3.05) is 25.1 Å². The molecule has 1 aromatic rings. The number of rotatable bonds is 7. The largest absolute Gasteiger partial charge is 0.382 e. The molecule has 0 aliphatic heterocycles. The van der Waals surface area contributed by atoms with Gasteiger partial charge in [0.2, 0.25) is 0 Å². The van der Waals surface area contributed by atoms with Crippen molar-refractivity contribution in [1.82, 2.24) is 4.98 Å². The quantitative estimate of drug-likeness (QED) is 0.708. The summed E-state index contributed by atoms with van der Waals surface area (Å²) in [7, 11) is 0. The van der Waals surface area contributed by atoms with E-state index in [0.29, 0.717) is 0 Å². The van der Waals surface area contributed by atoms with Crippen LogP contribution in [0.25, 0.3) is 0 Å². The van der Waals surface area contributed by atoms with Gasteiger partial charge in [-0.3, -0.25) is 0 Å². The molecule has 0 saturated heterocycles. The third-order valence-corrected chi connectivity index (χ3v) is 2.71. The molecule has 0 aliphatic rings. The summed E-state index contributed by atoms with van der Waals surface area (Å²) < 4.78 is 5.24. The minimum absolute atomic E-state index is 0.803. The van der Waals surface area contributed by atoms with Crippen LogP contribution in [0.3, 0.4) is 0 Å². The van der Waals surface area contributed by atoms with Gasteiger partial charge >= 0.3 is 0 Å². The van der Waals surface area contributed by atoms with E-state index in [9.17, 15) is 0 Å². The van der Waals surface area contributed by atoms with Crippen LogP contribution in [0.4, 0.5) is 5.13 Å². The van der Waals surface area contributed by atoms with E-state index in [2.05, 4.69) is 22.6 Å². The van der Waals surface area contributed by atoms with Crippen LogP contribution in [0.1, 0.15) is 26.0 Å². The maximum Gasteiger partial charge on any atom is 0.182 e. The molecule has 0 bridgehead atoms. The number of thiazole rings is 1. The van der Waals surface area contributed by atoms with Crippen molar-refractivity contribution in [3.63, 3.8) is 0 Å². The minimum Gasteiger partial charge on any atom is -0.382 e. The highest BCUT2D eigenvalue weighted by atomic mass is 32.1. The van der Waals surface area contributed by atoms with Crippen LogP contribution in [0.5, 0.6) is 0 Å². The number of hydrogen-bond donors (Lipinski definition) is 1. The second kappa shape index (κ2) is 6.79. The first kappa shape index (κ1) is 11.5. The molecule has 0 aromatic carbocycles. The molecule has 1 heterocycles. The number of nitrogens with zero attached hydrogens (tertiary/aromatic N) is 1. The number of hydrogen-bond acceptors (Lipinski definition) is 4. The van der Waals surface area contributed by atoms with Crippen molar-refractivity contribution in [2.45, 2.75) is 26.7 Å². The van der Waals surface area contributed by atoms with E-state index in [1.807, 2.05) is 6.92 Å². The molecule has 80 valence electrons. The lowest BCUT2D eigenvalue weighted by Crippen LogP contribution is -2.05. The lowest BCUT2D eigenvalue weighted by Gasteiger charge is -2.02. The molecular weight excluding hydrogens is 196 g/mol. The summed E-state index contributed by atoms with van der Waals surface area (Å²) in [6.07, 6.45) is 2.05. The fraction of sp³-hybridized carbons (Fsp3) is 0.700. The van der Waals surface area contributed by atoms with Crippen LogP contribution >= 0.6 is 11.3 Å². The molecule has 14 heavy (non-hydrogen) atoms. The van der Waals surface area contributed by atoms with Crippen LogP contribution in [0.2, 0.25) is 0 Å². The highest BCUT2D eigenvalue weighted by Gasteiger charge is 1.98. The third kappa shape index (κ3) is 4.07. The van der Waals surface area contributed by atoms with Crippen LogP contribution in [0, 0.1) is 0 Å². The van der Waals surface area contributed by atoms with Gasteiger partial charge in [-0.25, -0.2) is 4.98 Å². The molecule has 3 nitrogen and oxygen atoms in total. The highest BCUT2D eigenvalue weighted by Crippen LogP contribution is 2.15. The molecule has 0 unspecified atom stereocenters. The van der Waals surface area contributed by atoms with E-state index >= 15 is 0 Å². The van der Waals surface area contributed by atoms with Crippen LogP contribution in [-0.4, -0.2) is 24.7 Å². The fourth-order valence-corrected chi connectivity index (χ4v) is 1.89. The van der Waals surface area contributed by atoms with E-state index in [-0.39, 0.29) is 0 Å². The first-order valence-corrected chi connectivity index (χ1v) is 6.00. The Morgan fingerprint density at radius 3 is 3.00 bits per heavy atom. The Labute approximate surface area is 89.5 Å². The second-order valence-electron chi connectivity index (χ2n) is 2.97. The Kier molecular flexibility index (Phi) is 5.56. The summed E-state index contributed by atoms with van der Waals surface area (Å²) in [5.41, 5.74) is 1.17. The summed E-state index contributed by atoms with van der Waals surface area (Å²) in [5, 5.41) is 6.41. The Morgan fingerprint density at radius 1 is 1.50 bits per heavy atom. The van der Waals surface area contributed by atoms with Gasteiger partial charge in [0.05, 0.1) is 5.69 Å². The predicted octanol–water partition coefficient (Wildman–Crippen LogP) is 2.54. The zero-order valence-corrected chi connectivity index (χ0v) is 9.69. The van der Waals surface area contributed by atoms with E-state index in [1.54, 1.807) is 11.3 Å². The zero-order chi connectivity index (χ0) is 10.2. The number of ether oxygens (including phenoxy) is 1. The van der Waals surface area contributed by atoms with E-state index in [4.69, 9.17) is 4.74 Å². The summed E-state index contributed by atoms with van der Waals surface area (Å²) in [5.74, 6) is 0. The minimum atomic E-state index is 0.803. The van der Waals surface area contributed by atoms with Gasteiger partial charge in [-0.05, 0) is 19.8 Å². The SMILES string of the molecule is CCOCCCNc1nc(CC)cs1. The predicted molar refractivity (Wildman–Crippen MR) is 61.1 cm³/mol. The number of aromatic nitrogens is 1. The van der Waals surface area contributed by atoms with E-state index in [1.165, 1.54) is 5.69 Å².